The van der Waals surface area contributed by atoms with Crippen LogP contribution in [-0.4, -0.2) is 29.6 Å². The van der Waals surface area contributed by atoms with Gasteiger partial charge in [0.25, 0.3) is 0 Å². The van der Waals surface area contributed by atoms with Crippen LogP contribution in [0.1, 0.15) is 12.8 Å². The van der Waals surface area contributed by atoms with Gasteiger partial charge in [0, 0.05) is 12.8 Å². The van der Waals surface area contributed by atoms with E-state index in [0.717, 1.165) is 26.1 Å². The lowest BCUT2D eigenvalue weighted by molar-refractivity contribution is 0.0260. The lowest BCUT2D eigenvalue weighted by atomic mass is 10.1. The van der Waals surface area contributed by atoms with Crippen molar-refractivity contribution in [1.29, 1.82) is 0 Å². The van der Waals surface area contributed by atoms with Crippen molar-refractivity contribution in [2.24, 2.45) is 0 Å². The van der Waals surface area contributed by atoms with Crippen LogP contribution >= 0.6 is 0 Å². The summed E-state index contributed by atoms with van der Waals surface area (Å²) in [5.41, 5.74) is 7.44. The van der Waals surface area contributed by atoms with E-state index >= 15 is 0 Å². The molecule has 6 heteroatoms. The summed E-state index contributed by atoms with van der Waals surface area (Å²) in [5, 5.41) is 7.58. The molecular weight excluding hydrogens is 222 g/mol. The van der Waals surface area contributed by atoms with Gasteiger partial charge in [0.2, 0.25) is 0 Å². The molecule has 1 fully saturated rings. The van der Waals surface area contributed by atoms with Gasteiger partial charge in [-0.05, 0) is 22.4 Å². The molecule has 1 aromatic heterocycles. The lowest BCUT2D eigenvalue weighted by Gasteiger charge is -2.23. The first-order chi connectivity index (χ1) is 8.34. The summed E-state index contributed by atoms with van der Waals surface area (Å²) in [6.45, 7) is 1.47. The fraction of sp³-hybridized carbons (Fsp3) is 0.455. The zero-order valence-electron chi connectivity index (χ0n) is 9.26. The minimum atomic E-state index is 0.160. The number of ether oxygens (including phenoxy) is 2. The van der Waals surface area contributed by atoms with Gasteiger partial charge in [0.05, 0.1) is 18.9 Å². The van der Waals surface area contributed by atoms with E-state index in [1.165, 1.54) is 0 Å². The predicted octanol–water partition coefficient (Wildman–Crippen LogP) is 1.36. The van der Waals surface area contributed by atoms with Gasteiger partial charge in [-0.2, -0.15) is 0 Å². The van der Waals surface area contributed by atoms with Gasteiger partial charge in [-0.3, -0.25) is 0 Å². The number of rotatable bonds is 2. The van der Waals surface area contributed by atoms with Crippen molar-refractivity contribution in [1.82, 2.24) is 10.3 Å². The average molecular weight is 235 g/mol. The fourth-order valence-electron chi connectivity index (χ4n) is 1.93. The molecule has 2 N–H and O–H groups in total. The molecule has 90 valence electrons. The molecule has 0 radical (unpaired) electrons. The number of nitrogens with two attached hydrogens (primary N) is 1. The minimum absolute atomic E-state index is 0.160. The quantitative estimate of drug-likeness (QED) is 0.791. The second-order valence-corrected chi connectivity index (χ2v) is 4.04. The van der Waals surface area contributed by atoms with Gasteiger partial charge >= 0.3 is 0 Å². The van der Waals surface area contributed by atoms with Crippen LogP contribution in [0.2, 0.25) is 0 Å². The monoisotopic (exact) mass is 235 g/mol. The second-order valence-electron chi connectivity index (χ2n) is 4.04. The highest BCUT2D eigenvalue weighted by Gasteiger charge is 2.18. The van der Waals surface area contributed by atoms with Gasteiger partial charge in [0.15, 0.2) is 16.8 Å². The summed E-state index contributed by atoms with van der Waals surface area (Å²) in [5.74, 6) is 0.669. The van der Waals surface area contributed by atoms with Crippen molar-refractivity contribution in [2.75, 3.05) is 18.9 Å². The predicted molar refractivity (Wildman–Crippen MR) is 60.7 cm³/mol. The fourth-order valence-corrected chi connectivity index (χ4v) is 1.93. The first kappa shape index (κ1) is 10.3. The maximum Gasteiger partial charge on any atom is 0.179 e. The van der Waals surface area contributed by atoms with Gasteiger partial charge < -0.3 is 15.2 Å². The molecular formula is C11H13N3O3. The molecule has 0 atom stereocenters. The van der Waals surface area contributed by atoms with Crippen LogP contribution in [-0.2, 0) is 4.74 Å². The third-order valence-electron chi connectivity index (χ3n) is 2.87. The Morgan fingerprint density at radius 2 is 1.94 bits per heavy atom. The summed E-state index contributed by atoms with van der Waals surface area (Å²) in [6.07, 6.45) is 1.93. The van der Waals surface area contributed by atoms with Crippen molar-refractivity contribution in [2.45, 2.75) is 18.9 Å². The second kappa shape index (κ2) is 4.21. The van der Waals surface area contributed by atoms with E-state index in [9.17, 15) is 0 Å². The molecule has 3 rings (SSSR count). The molecule has 2 aromatic rings. The molecule has 1 aliphatic heterocycles. The van der Waals surface area contributed by atoms with Crippen molar-refractivity contribution in [3.63, 3.8) is 0 Å². The Labute approximate surface area is 97.6 Å². The molecule has 0 bridgehead atoms. The Morgan fingerprint density at radius 3 is 2.76 bits per heavy atom. The molecule has 0 saturated carbocycles. The summed E-state index contributed by atoms with van der Waals surface area (Å²) in [7, 11) is 0. The molecule has 0 unspecified atom stereocenters. The first-order valence-corrected chi connectivity index (χ1v) is 5.60. The topological polar surface area (TPSA) is 83.4 Å². The maximum absolute atomic E-state index is 5.88. The number of hydrogen-bond acceptors (Lipinski definition) is 6. The molecule has 0 spiro atoms. The Balaban J connectivity index is 1.89. The third kappa shape index (κ3) is 1.91. The number of hydrogen-bond donors (Lipinski definition) is 1. The highest BCUT2D eigenvalue weighted by molar-refractivity contribution is 5.90. The van der Waals surface area contributed by atoms with E-state index in [0.29, 0.717) is 22.5 Å². The van der Waals surface area contributed by atoms with Crippen molar-refractivity contribution < 1.29 is 14.1 Å². The summed E-state index contributed by atoms with van der Waals surface area (Å²) >= 11 is 0. The van der Waals surface area contributed by atoms with Crippen LogP contribution in [0.5, 0.6) is 5.75 Å². The molecule has 1 aliphatic rings. The van der Waals surface area contributed by atoms with Crippen LogP contribution in [0.4, 0.5) is 5.69 Å². The number of nitrogen functional groups attached to an aromatic ring is 1. The van der Waals surface area contributed by atoms with E-state index < -0.39 is 0 Å². The number of anilines is 1. The normalized spacial score (nSPS) is 17.4. The first-order valence-electron chi connectivity index (χ1n) is 5.60. The molecule has 1 saturated heterocycles. The molecule has 0 amide bonds. The van der Waals surface area contributed by atoms with E-state index in [1.807, 2.05) is 0 Å². The Morgan fingerprint density at radius 1 is 1.18 bits per heavy atom. The summed E-state index contributed by atoms with van der Waals surface area (Å²) < 4.78 is 15.9. The van der Waals surface area contributed by atoms with Gasteiger partial charge in [0.1, 0.15) is 6.10 Å². The van der Waals surface area contributed by atoms with Crippen molar-refractivity contribution in [3.05, 3.63) is 12.1 Å². The number of fused-ring (bicyclic) bond motifs is 1. The van der Waals surface area contributed by atoms with E-state index in [4.69, 9.17) is 19.8 Å². The number of aromatic nitrogens is 2. The molecule has 6 nitrogen and oxygen atoms in total. The number of nitrogens with zero attached hydrogens (tertiary/aromatic N) is 2. The van der Waals surface area contributed by atoms with E-state index in [1.54, 1.807) is 12.1 Å². The Bertz CT molecular complexity index is 520. The van der Waals surface area contributed by atoms with Crippen molar-refractivity contribution in [3.8, 4) is 5.75 Å². The zero-order valence-corrected chi connectivity index (χ0v) is 9.26. The Kier molecular flexibility index (Phi) is 2.56. The SMILES string of the molecule is Nc1ccc(OC2CCOCC2)c2nonc12. The zero-order chi connectivity index (χ0) is 11.7. The lowest BCUT2D eigenvalue weighted by Crippen LogP contribution is -2.25. The van der Waals surface area contributed by atoms with Crippen LogP contribution in [0.15, 0.2) is 16.8 Å². The van der Waals surface area contributed by atoms with Crippen LogP contribution < -0.4 is 10.5 Å². The minimum Gasteiger partial charge on any atom is -0.488 e. The molecule has 1 aromatic carbocycles. The Hall–Kier alpha value is -1.82. The molecule has 0 aliphatic carbocycles. The number of benzene rings is 1. The van der Waals surface area contributed by atoms with E-state index in [2.05, 4.69) is 10.3 Å². The van der Waals surface area contributed by atoms with Crippen LogP contribution in [0.25, 0.3) is 11.0 Å². The molecule has 17 heavy (non-hydrogen) atoms. The standard InChI is InChI=1S/C11H13N3O3/c12-8-1-2-9(11-10(8)13-17-14-11)16-7-3-5-15-6-4-7/h1-2,7H,3-6,12H2. The maximum atomic E-state index is 5.88. The molecule has 2 heterocycles. The van der Waals surface area contributed by atoms with Gasteiger partial charge in [-0.25, -0.2) is 4.63 Å². The van der Waals surface area contributed by atoms with Crippen LogP contribution in [0, 0.1) is 0 Å². The smallest absolute Gasteiger partial charge is 0.179 e. The summed E-state index contributed by atoms with van der Waals surface area (Å²) in [4.78, 5) is 0. The summed E-state index contributed by atoms with van der Waals surface area (Å²) in [6, 6.07) is 3.55. The van der Waals surface area contributed by atoms with E-state index in [-0.39, 0.29) is 6.10 Å². The van der Waals surface area contributed by atoms with Crippen molar-refractivity contribution >= 4 is 16.7 Å². The largest absolute Gasteiger partial charge is 0.488 e. The third-order valence-corrected chi connectivity index (χ3v) is 2.87. The average Bonchev–Trinajstić information content (AvgIpc) is 2.84. The van der Waals surface area contributed by atoms with Gasteiger partial charge in [-0.15, -0.1) is 0 Å². The van der Waals surface area contributed by atoms with Crippen LogP contribution in [0.3, 0.4) is 0 Å². The highest BCUT2D eigenvalue weighted by atomic mass is 16.6. The van der Waals surface area contributed by atoms with Gasteiger partial charge in [-0.1, -0.05) is 0 Å². The highest BCUT2D eigenvalue weighted by Crippen LogP contribution is 2.29.